The van der Waals surface area contributed by atoms with Crippen LogP contribution in [0.4, 0.5) is 26.3 Å². The number of halogens is 6. The first-order chi connectivity index (χ1) is 9.25. The molecule has 0 unspecified atom stereocenters. The second kappa shape index (κ2) is 5.39. The fraction of sp³-hybridized carbons (Fsp3) is 0.455. The van der Waals surface area contributed by atoms with Crippen molar-refractivity contribution in [2.75, 3.05) is 0 Å². The molecule has 1 rings (SSSR count). The molecule has 0 bridgehead atoms. The molecule has 3 nitrogen and oxygen atoms in total. The van der Waals surface area contributed by atoms with E-state index in [-0.39, 0.29) is 5.56 Å². The lowest BCUT2D eigenvalue weighted by atomic mass is 9.96. The van der Waals surface area contributed by atoms with Crippen molar-refractivity contribution >= 4 is 10.1 Å². The zero-order valence-electron chi connectivity index (χ0n) is 10.7. The van der Waals surface area contributed by atoms with Crippen molar-refractivity contribution in [2.45, 2.75) is 31.5 Å². The monoisotopic (exact) mass is 336 g/mol. The van der Waals surface area contributed by atoms with E-state index in [0.717, 1.165) is 0 Å². The molecule has 0 heterocycles. The molecule has 0 fully saturated rings. The standard InChI is InChI=1S/C11H10F6O3S/c1-6(2)8-5-7(3-4-9(8)10(12,13)14)20-21(18,19)11(15,16)17/h3-6H,1-2H3. The van der Waals surface area contributed by atoms with Crippen LogP contribution in [-0.2, 0) is 16.3 Å². The Morgan fingerprint density at radius 1 is 1.05 bits per heavy atom. The predicted octanol–water partition coefficient (Wildman–Crippen LogP) is 4.06. The Bertz CT molecular complexity index is 616. The first-order valence-electron chi connectivity index (χ1n) is 5.47. The van der Waals surface area contributed by atoms with Gasteiger partial charge >= 0.3 is 21.8 Å². The summed E-state index contributed by atoms with van der Waals surface area (Å²) in [4.78, 5) is 0. The lowest BCUT2D eigenvalue weighted by molar-refractivity contribution is -0.138. The smallest absolute Gasteiger partial charge is 0.376 e. The Morgan fingerprint density at radius 3 is 1.95 bits per heavy atom. The first kappa shape index (κ1) is 17.6. The van der Waals surface area contributed by atoms with Gasteiger partial charge in [-0.3, -0.25) is 0 Å². The topological polar surface area (TPSA) is 43.4 Å². The zero-order valence-corrected chi connectivity index (χ0v) is 11.5. The van der Waals surface area contributed by atoms with E-state index in [9.17, 15) is 34.8 Å². The molecule has 0 aliphatic carbocycles. The molecule has 1 aromatic rings. The molecule has 21 heavy (non-hydrogen) atoms. The Balaban J connectivity index is 3.29. The number of hydrogen-bond donors (Lipinski definition) is 0. The molecule has 0 atom stereocenters. The molecule has 0 spiro atoms. The highest BCUT2D eigenvalue weighted by Gasteiger charge is 2.48. The largest absolute Gasteiger partial charge is 0.534 e. The fourth-order valence-corrected chi connectivity index (χ4v) is 1.95. The molecule has 0 saturated carbocycles. The van der Waals surface area contributed by atoms with Crippen LogP contribution in [0.3, 0.4) is 0 Å². The van der Waals surface area contributed by atoms with Crippen molar-refractivity contribution in [3.8, 4) is 5.75 Å². The van der Waals surface area contributed by atoms with Crippen LogP contribution >= 0.6 is 0 Å². The van der Waals surface area contributed by atoms with Gasteiger partial charge in [0.2, 0.25) is 0 Å². The molecule has 10 heteroatoms. The van der Waals surface area contributed by atoms with Gasteiger partial charge in [0.25, 0.3) is 0 Å². The summed E-state index contributed by atoms with van der Waals surface area (Å²) in [5.41, 5.74) is -7.08. The maximum Gasteiger partial charge on any atom is 0.534 e. The third-order valence-electron chi connectivity index (χ3n) is 2.44. The van der Waals surface area contributed by atoms with Crippen molar-refractivity contribution in [1.29, 1.82) is 0 Å². The maximum absolute atomic E-state index is 12.7. The second-order valence-corrected chi connectivity index (χ2v) is 5.92. The molecule has 0 N–H and O–H groups in total. The van der Waals surface area contributed by atoms with Crippen LogP contribution in [-0.4, -0.2) is 13.9 Å². The minimum absolute atomic E-state index is 0.364. The molecular weight excluding hydrogens is 326 g/mol. The molecule has 1 aromatic carbocycles. The van der Waals surface area contributed by atoms with E-state index in [1.807, 2.05) is 0 Å². The Morgan fingerprint density at radius 2 is 1.57 bits per heavy atom. The summed E-state index contributed by atoms with van der Waals surface area (Å²) in [6, 6.07) is 1.64. The summed E-state index contributed by atoms with van der Waals surface area (Å²) < 4.78 is 100. The van der Waals surface area contributed by atoms with Gasteiger partial charge in [0.1, 0.15) is 5.75 Å². The number of rotatable bonds is 3. The lowest BCUT2D eigenvalue weighted by Crippen LogP contribution is -2.28. The van der Waals surface area contributed by atoms with Crippen LogP contribution in [0.2, 0.25) is 0 Å². The van der Waals surface area contributed by atoms with Crippen LogP contribution < -0.4 is 4.18 Å². The van der Waals surface area contributed by atoms with E-state index >= 15 is 0 Å². The number of hydrogen-bond acceptors (Lipinski definition) is 3. The van der Waals surface area contributed by atoms with Gasteiger partial charge in [-0.2, -0.15) is 34.8 Å². The van der Waals surface area contributed by atoms with Crippen LogP contribution in [0, 0.1) is 0 Å². The van der Waals surface area contributed by atoms with E-state index in [1.165, 1.54) is 13.8 Å². The highest BCUT2D eigenvalue weighted by atomic mass is 32.2. The van der Waals surface area contributed by atoms with Crippen LogP contribution in [0.25, 0.3) is 0 Å². The summed E-state index contributed by atoms with van der Waals surface area (Å²) in [6.45, 7) is 2.76. The third kappa shape index (κ3) is 4.02. The fourth-order valence-electron chi connectivity index (χ4n) is 1.50. The van der Waals surface area contributed by atoms with E-state index in [1.54, 1.807) is 0 Å². The Kier molecular flexibility index (Phi) is 4.52. The Hall–Kier alpha value is -1.45. The number of alkyl halides is 6. The summed E-state index contributed by atoms with van der Waals surface area (Å²) in [5, 5.41) is 0. The average Bonchev–Trinajstić information content (AvgIpc) is 2.25. The van der Waals surface area contributed by atoms with E-state index in [4.69, 9.17) is 0 Å². The van der Waals surface area contributed by atoms with Crippen molar-refractivity contribution in [2.24, 2.45) is 0 Å². The molecule has 0 amide bonds. The van der Waals surface area contributed by atoms with Crippen molar-refractivity contribution < 1.29 is 38.9 Å². The van der Waals surface area contributed by atoms with E-state index < -0.39 is 39.0 Å². The minimum Gasteiger partial charge on any atom is -0.376 e. The van der Waals surface area contributed by atoms with Gasteiger partial charge in [-0.15, -0.1) is 0 Å². The van der Waals surface area contributed by atoms with Gasteiger partial charge in [-0.1, -0.05) is 13.8 Å². The molecular formula is C11H10F6O3S. The molecule has 0 aliphatic rings. The highest BCUT2D eigenvalue weighted by molar-refractivity contribution is 7.87. The van der Waals surface area contributed by atoms with Crippen LogP contribution in [0.1, 0.15) is 30.9 Å². The van der Waals surface area contributed by atoms with E-state index in [0.29, 0.717) is 18.2 Å². The Labute approximate surface area is 116 Å². The van der Waals surface area contributed by atoms with Gasteiger partial charge in [0, 0.05) is 0 Å². The van der Waals surface area contributed by atoms with Crippen molar-refractivity contribution in [3.63, 3.8) is 0 Å². The SMILES string of the molecule is CC(C)c1cc(OS(=O)(=O)C(F)(F)F)ccc1C(F)(F)F. The molecule has 0 radical (unpaired) electrons. The predicted molar refractivity (Wildman–Crippen MR) is 61.1 cm³/mol. The van der Waals surface area contributed by atoms with Gasteiger partial charge in [0.15, 0.2) is 0 Å². The summed E-state index contributed by atoms with van der Waals surface area (Å²) in [5.74, 6) is -1.53. The van der Waals surface area contributed by atoms with Crippen LogP contribution in [0.15, 0.2) is 18.2 Å². The third-order valence-corrected chi connectivity index (χ3v) is 3.42. The van der Waals surface area contributed by atoms with Gasteiger partial charge in [-0.25, -0.2) is 0 Å². The maximum atomic E-state index is 12.7. The van der Waals surface area contributed by atoms with Gasteiger partial charge < -0.3 is 4.18 Å². The quantitative estimate of drug-likeness (QED) is 0.475. The minimum atomic E-state index is -5.92. The second-order valence-electron chi connectivity index (χ2n) is 4.38. The molecule has 120 valence electrons. The van der Waals surface area contributed by atoms with Gasteiger partial charge in [-0.05, 0) is 29.7 Å². The average molecular weight is 336 g/mol. The molecule has 0 saturated heterocycles. The first-order valence-corrected chi connectivity index (χ1v) is 6.88. The van der Waals surface area contributed by atoms with Crippen molar-refractivity contribution in [1.82, 2.24) is 0 Å². The summed E-state index contributed by atoms with van der Waals surface area (Å²) >= 11 is 0. The van der Waals surface area contributed by atoms with Crippen molar-refractivity contribution in [3.05, 3.63) is 29.3 Å². The summed E-state index contributed by atoms with van der Waals surface area (Å²) in [7, 11) is -5.92. The lowest BCUT2D eigenvalue weighted by Gasteiger charge is -2.17. The number of benzene rings is 1. The summed E-state index contributed by atoms with van der Waals surface area (Å²) in [6.07, 6.45) is -4.71. The molecule has 0 aliphatic heterocycles. The highest BCUT2D eigenvalue weighted by Crippen LogP contribution is 2.37. The van der Waals surface area contributed by atoms with Gasteiger partial charge in [0.05, 0.1) is 5.56 Å². The normalized spacial score (nSPS) is 13.6. The van der Waals surface area contributed by atoms with Crippen LogP contribution in [0.5, 0.6) is 5.75 Å². The molecule has 0 aromatic heterocycles. The van der Waals surface area contributed by atoms with E-state index in [2.05, 4.69) is 4.18 Å². The zero-order chi connectivity index (χ0) is 16.6.